The maximum absolute atomic E-state index is 11.8. The number of nitrogens with one attached hydrogen (secondary N) is 1. The number of nitrogens with zero attached hydrogens (tertiary/aromatic N) is 2. The predicted molar refractivity (Wildman–Crippen MR) is 76.8 cm³/mol. The van der Waals surface area contributed by atoms with Crippen molar-refractivity contribution in [1.82, 2.24) is 9.97 Å². The molecule has 1 aromatic heterocycles. The van der Waals surface area contributed by atoms with E-state index in [1.807, 2.05) is 34.6 Å². The molecule has 0 aliphatic rings. The molecule has 0 aliphatic carbocycles. The van der Waals surface area contributed by atoms with Crippen molar-refractivity contribution in [2.24, 2.45) is 11.7 Å². The third-order valence-electron chi connectivity index (χ3n) is 2.65. The van der Waals surface area contributed by atoms with E-state index in [9.17, 15) is 4.79 Å². The number of hydrogen-bond acceptors (Lipinski definition) is 4. The van der Waals surface area contributed by atoms with Gasteiger partial charge < -0.3 is 11.1 Å². The molecule has 0 saturated carbocycles. The lowest BCUT2D eigenvalue weighted by atomic mass is 9.96. The summed E-state index contributed by atoms with van der Waals surface area (Å²) in [4.78, 5) is 20.4. The van der Waals surface area contributed by atoms with Gasteiger partial charge in [-0.25, -0.2) is 9.97 Å². The van der Waals surface area contributed by atoms with Crippen LogP contribution in [-0.2, 0) is 10.2 Å². The van der Waals surface area contributed by atoms with Gasteiger partial charge in [-0.1, -0.05) is 34.6 Å². The number of rotatable bonds is 4. The largest absolute Gasteiger partial charge is 0.322 e. The fraction of sp³-hybridized carbons (Fsp3) is 0.643. The molecule has 5 heteroatoms. The van der Waals surface area contributed by atoms with E-state index in [1.54, 1.807) is 12.4 Å². The third kappa shape index (κ3) is 4.95. The molecule has 0 aromatic carbocycles. The quantitative estimate of drug-likeness (QED) is 0.872. The summed E-state index contributed by atoms with van der Waals surface area (Å²) in [5.41, 5.74) is 6.29. The van der Waals surface area contributed by atoms with E-state index in [-0.39, 0.29) is 11.3 Å². The van der Waals surface area contributed by atoms with Crippen LogP contribution in [0.1, 0.15) is 46.9 Å². The van der Waals surface area contributed by atoms with Gasteiger partial charge in [-0.3, -0.25) is 4.79 Å². The Labute approximate surface area is 115 Å². The lowest BCUT2D eigenvalue weighted by molar-refractivity contribution is -0.117. The van der Waals surface area contributed by atoms with Gasteiger partial charge >= 0.3 is 0 Å². The van der Waals surface area contributed by atoms with Crippen molar-refractivity contribution < 1.29 is 4.79 Å². The molecular weight excluding hydrogens is 240 g/mol. The van der Waals surface area contributed by atoms with Crippen molar-refractivity contribution in [3.63, 3.8) is 0 Å². The molecule has 0 bridgehead atoms. The highest BCUT2D eigenvalue weighted by molar-refractivity contribution is 5.94. The number of anilines is 1. The summed E-state index contributed by atoms with van der Waals surface area (Å²) in [5, 5.41) is 2.74. The third-order valence-corrected chi connectivity index (χ3v) is 2.65. The van der Waals surface area contributed by atoms with E-state index in [4.69, 9.17) is 5.73 Å². The molecule has 1 amide bonds. The molecule has 3 N–H and O–H groups in total. The van der Waals surface area contributed by atoms with E-state index < -0.39 is 6.04 Å². The summed E-state index contributed by atoms with van der Waals surface area (Å²) in [7, 11) is 0. The fourth-order valence-electron chi connectivity index (χ4n) is 1.63. The molecule has 1 heterocycles. The topological polar surface area (TPSA) is 80.9 Å². The zero-order valence-corrected chi connectivity index (χ0v) is 12.4. The predicted octanol–water partition coefficient (Wildman–Crippen LogP) is 2.09. The lowest BCUT2D eigenvalue weighted by Gasteiger charge is -2.17. The Bertz CT molecular complexity index is 420. The molecule has 0 fully saturated rings. The molecule has 0 unspecified atom stereocenters. The summed E-state index contributed by atoms with van der Waals surface area (Å²) in [5.74, 6) is 0.943. The van der Waals surface area contributed by atoms with Crippen LogP contribution in [0, 0.1) is 5.92 Å². The Kier molecular flexibility index (Phi) is 5.00. The molecule has 106 valence electrons. The number of carbonyl (C=O) groups excluding carboxylic acids is 1. The highest BCUT2D eigenvalue weighted by Gasteiger charge is 2.18. The molecule has 1 atom stereocenters. The van der Waals surface area contributed by atoms with Crippen LogP contribution in [0.5, 0.6) is 0 Å². The number of amides is 1. The zero-order valence-electron chi connectivity index (χ0n) is 12.4. The van der Waals surface area contributed by atoms with E-state index in [1.165, 1.54) is 0 Å². The van der Waals surface area contributed by atoms with Gasteiger partial charge in [0.05, 0.1) is 24.1 Å². The minimum absolute atomic E-state index is 0.101. The van der Waals surface area contributed by atoms with Crippen LogP contribution in [0.2, 0.25) is 0 Å². The molecule has 5 nitrogen and oxygen atoms in total. The van der Waals surface area contributed by atoms with Crippen LogP contribution in [0.15, 0.2) is 12.4 Å². The van der Waals surface area contributed by atoms with Gasteiger partial charge in [-0.2, -0.15) is 0 Å². The van der Waals surface area contributed by atoms with Crippen LogP contribution in [0.3, 0.4) is 0 Å². The Balaban J connectivity index is 2.66. The summed E-state index contributed by atoms with van der Waals surface area (Å²) < 4.78 is 0. The van der Waals surface area contributed by atoms with Gasteiger partial charge in [0.1, 0.15) is 5.82 Å². The van der Waals surface area contributed by atoms with E-state index in [0.29, 0.717) is 18.0 Å². The standard InChI is InChI=1S/C14H24N4O/c1-9(2)6-11(15)12(19)18-10-7-16-13(17-8-10)14(3,4)5/h7-9,11H,6,15H2,1-5H3,(H,18,19)/t11-/m0/s1. The molecule has 0 radical (unpaired) electrons. The first-order valence-corrected chi connectivity index (χ1v) is 6.59. The number of carbonyl (C=O) groups is 1. The molecular formula is C14H24N4O. The van der Waals surface area contributed by atoms with Gasteiger partial charge in [0.2, 0.25) is 5.91 Å². The van der Waals surface area contributed by atoms with Crippen LogP contribution in [0.25, 0.3) is 0 Å². The van der Waals surface area contributed by atoms with Crippen LogP contribution >= 0.6 is 0 Å². The van der Waals surface area contributed by atoms with Gasteiger partial charge in [0.25, 0.3) is 0 Å². The molecule has 0 aliphatic heterocycles. The fourth-order valence-corrected chi connectivity index (χ4v) is 1.63. The SMILES string of the molecule is CC(C)C[C@H](N)C(=O)Nc1cnc(C(C)(C)C)nc1. The van der Waals surface area contributed by atoms with Crippen molar-refractivity contribution in [1.29, 1.82) is 0 Å². The second-order valence-corrected chi connectivity index (χ2v) is 6.27. The minimum atomic E-state index is -0.498. The molecule has 0 saturated heterocycles. The highest BCUT2D eigenvalue weighted by atomic mass is 16.2. The maximum Gasteiger partial charge on any atom is 0.241 e. The van der Waals surface area contributed by atoms with Crippen molar-refractivity contribution in [3.8, 4) is 0 Å². The molecule has 19 heavy (non-hydrogen) atoms. The summed E-state index contributed by atoms with van der Waals surface area (Å²) in [6.07, 6.45) is 3.90. The average molecular weight is 264 g/mol. The monoisotopic (exact) mass is 264 g/mol. The van der Waals surface area contributed by atoms with Crippen LogP contribution < -0.4 is 11.1 Å². The summed E-state index contributed by atoms with van der Waals surface area (Å²) >= 11 is 0. The van der Waals surface area contributed by atoms with Crippen LogP contribution in [0.4, 0.5) is 5.69 Å². The van der Waals surface area contributed by atoms with E-state index >= 15 is 0 Å². The number of hydrogen-bond donors (Lipinski definition) is 2. The lowest BCUT2D eigenvalue weighted by Crippen LogP contribution is -2.36. The molecule has 1 aromatic rings. The number of aromatic nitrogens is 2. The minimum Gasteiger partial charge on any atom is -0.322 e. The normalized spacial score (nSPS) is 13.4. The molecule has 1 rings (SSSR count). The van der Waals surface area contributed by atoms with Crippen molar-refractivity contribution in [2.75, 3.05) is 5.32 Å². The first-order valence-electron chi connectivity index (χ1n) is 6.59. The first-order chi connectivity index (χ1) is 8.70. The smallest absolute Gasteiger partial charge is 0.241 e. The Morgan fingerprint density at radius 1 is 1.32 bits per heavy atom. The van der Waals surface area contributed by atoms with E-state index in [2.05, 4.69) is 15.3 Å². The van der Waals surface area contributed by atoms with Gasteiger partial charge in [0, 0.05) is 5.41 Å². The van der Waals surface area contributed by atoms with Crippen molar-refractivity contribution in [2.45, 2.75) is 52.5 Å². The average Bonchev–Trinajstić information content (AvgIpc) is 2.27. The highest BCUT2D eigenvalue weighted by Crippen LogP contribution is 2.18. The van der Waals surface area contributed by atoms with Gasteiger partial charge in [-0.05, 0) is 12.3 Å². The van der Waals surface area contributed by atoms with Crippen LogP contribution in [-0.4, -0.2) is 21.9 Å². The van der Waals surface area contributed by atoms with E-state index in [0.717, 1.165) is 5.82 Å². The second kappa shape index (κ2) is 6.10. The second-order valence-electron chi connectivity index (χ2n) is 6.27. The van der Waals surface area contributed by atoms with Gasteiger partial charge in [0.15, 0.2) is 0 Å². The maximum atomic E-state index is 11.8. The number of nitrogens with two attached hydrogens (primary N) is 1. The first kappa shape index (κ1) is 15.6. The Morgan fingerprint density at radius 2 is 1.84 bits per heavy atom. The van der Waals surface area contributed by atoms with Crippen molar-refractivity contribution >= 4 is 11.6 Å². The summed E-state index contributed by atoms with van der Waals surface area (Å²) in [6, 6.07) is -0.498. The molecule has 0 spiro atoms. The Hall–Kier alpha value is -1.49. The van der Waals surface area contributed by atoms with Crippen molar-refractivity contribution in [3.05, 3.63) is 18.2 Å². The summed E-state index contributed by atoms with van der Waals surface area (Å²) in [6.45, 7) is 10.2. The Morgan fingerprint density at radius 3 is 2.26 bits per heavy atom. The zero-order chi connectivity index (χ0) is 14.6. The van der Waals surface area contributed by atoms with Gasteiger partial charge in [-0.15, -0.1) is 0 Å².